The van der Waals surface area contributed by atoms with Crippen LogP contribution in [0.4, 0.5) is 5.69 Å². The van der Waals surface area contributed by atoms with Crippen LogP contribution in [0.1, 0.15) is 26.7 Å². The number of allylic oxidation sites excluding steroid dienone is 9. The molecule has 0 aliphatic carbocycles. The van der Waals surface area contributed by atoms with Crippen molar-refractivity contribution in [1.29, 1.82) is 0 Å². The summed E-state index contributed by atoms with van der Waals surface area (Å²) in [5.41, 5.74) is 4.70. The van der Waals surface area contributed by atoms with Gasteiger partial charge in [0.1, 0.15) is 0 Å². The molecule has 0 radical (unpaired) electrons. The van der Waals surface area contributed by atoms with E-state index in [2.05, 4.69) is 92.1 Å². The number of rotatable bonds is 4. The lowest BCUT2D eigenvalue weighted by Crippen LogP contribution is -2.21. The summed E-state index contributed by atoms with van der Waals surface area (Å²) in [7, 11) is 0. The first kappa shape index (κ1) is 16.8. The van der Waals surface area contributed by atoms with Gasteiger partial charge in [-0.3, -0.25) is 0 Å². The van der Waals surface area contributed by atoms with E-state index in [4.69, 9.17) is 0 Å². The van der Waals surface area contributed by atoms with E-state index in [1.54, 1.807) is 0 Å². The molecule has 0 atom stereocenters. The van der Waals surface area contributed by atoms with Gasteiger partial charge >= 0.3 is 0 Å². The second-order valence-electron chi connectivity index (χ2n) is 5.31. The maximum atomic E-state index is 4.08. The molecule has 0 saturated carbocycles. The average molecular weight is 303 g/mol. The minimum atomic E-state index is 0.888. The van der Waals surface area contributed by atoms with Gasteiger partial charge < -0.3 is 4.90 Å². The van der Waals surface area contributed by atoms with E-state index in [9.17, 15) is 0 Å². The first-order valence-corrected chi connectivity index (χ1v) is 8.18. The van der Waals surface area contributed by atoms with E-state index in [0.717, 1.165) is 24.2 Å². The van der Waals surface area contributed by atoms with Crippen molar-refractivity contribution in [2.45, 2.75) is 26.7 Å². The Labute approximate surface area is 140 Å². The lowest BCUT2D eigenvalue weighted by Gasteiger charge is -2.29. The van der Waals surface area contributed by atoms with E-state index in [-0.39, 0.29) is 0 Å². The minimum Gasteiger partial charge on any atom is -0.311 e. The smallest absolute Gasteiger partial charge is 0.0490 e. The first-order valence-electron chi connectivity index (χ1n) is 8.18. The number of para-hydroxylation sites is 1. The van der Waals surface area contributed by atoms with Crippen LogP contribution in [0, 0.1) is 0 Å². The fourth-order valence-electron chi connectivity index (χ4n) is 2.70. The van der Waals surface area contributed by atoms with Crippen LogP contribution in [0.5, 0.6) is 0 Å². The summed E-state index contributed by atoms with van der Waals surface area (Å²) in [6.45, 7) is 8.30. The Hall–Kier alpha value is -2.54. The van der Waals surface area contributed by atoms with E-state index in [0.29, 0.717) is 0 Å². The van der Waals surface area contributed by atoms with E-state index >= 15 is 0 Å². The zero-order valence-corrected chi connectivity index (χ0v) is 14.1. The lowest BCUT2D eigenvalue weighted by atomic mass is 10.1. The maximum absolute atomic E-state index is 4.08. The third-order valence-electron chi connectivity index (χ3n) is 3.67. The molecular weight excluding hydrogens is 278 g/mol. The molecule has 1 aliphatic rings. The van der Waals surface area contributed by atoms with Crippen molar-refractivity contribution in [2.75, 3.05) is 4.90 Å². The van der Waals surface area contributed by atoms with E-state index in [1.807, 2.05) is 12.1 Å². The quantitative estimate of drug-likeness (QED) is 0.629. The lowest BCUT2D eigenvalue weighted by molar-refractivity contribution is 1.07. The summed E-state index contributed by atoms with van der Waals surface area (Å²) in [5.74, 6) is 0. The highest BCUT2D eigenvalue weighted by molar-refractivity contribution is 5.64. The molecule has 23 heavy (non-hydrogen) atoms. The predicted molar refractivity (Wildman–Crippen MR) is 102 cm³/mol. The van der Waals surface area contributed by atoms with Crippen LogP contribution in [-0.2, 0) is 0 Å². The molecule has 1 heterocycles. The monoisotopic (exact) mass is 303 g/mol. The molecule has 1 aliphatic heterocycles. The molecule has 0 amide bonds. The Morgan fingerprint density at radius 3 is 2.61 bits per heavy atom. The number of benzene rings is 1. The second kappa shape index (κ2) is 8.79. The Bertz CT molecular complexity index is 669. The molecule has 0 spiro atoms. The Morgan fingerprint density at radius 1 is 1.17 bits per heavy atom. The van der Waals surface area contributed by atoms with Gasteiger partial charge in [-0.1, -0.05) is 68.2 Å². The molecule has 0 bridgehead atoms. The Morgan fingerprint density at radius 2 is 1.96 bits per heavy atom. The van der Waals surface area contributed by atoms with Gasteiger partial charge in [0.15, 0.2) is 0 Å². The van der Waals surface area contributed by atoms with Crippen molar-refractivity contribution in [1.82, 2.24) is 0 Å². The predicted octanol–water partition coefficient (Wildman–Crippen LogP) is 6.32. The molecule has 0 unspecified atom stereocenters. The zero-order chi connectivity index (χ0) is 16.5. The normalized spacial score (nSPS) is 23.4. The molecule has 1 heteroatoms. The van der Waals surface area contributed by atoms with E-state index in [1.165, 1.54) is 11.3 Å². The molecule has 0 N–H and O–H groups in total. The highest BCUT2D eigenvalue weighted by Gasteiger charge is 2.16. The van der Waals surface area contributed by atoms with Crippen LogP contribution in [0.15, 0.2) is 102 Å². The topological polar surface area (TPSA) is 3.24 Å². The molecule has 1 aromatic rings. The van der Waals surface area contributed by atoms with Crippen LogP contribution in [0.25, 0.3) is 0 Å². The van der Waals surface area contributed by atoms with Gasteiger partial charge in [-0.05, 0) is 49.6 Å². The average Bonchev–Trinajstić information content (AvgIpc) is 2.66. The third-order valence-corrected chi connectivity index (χ3v) is 3.67. The summed E-state index contributed by atoms with van der Waals surface area (Å²) in [6, 6.07) is 10.5. The summed E-state index contributed by atoms with van der Waals surface area (Å²) < 4.78 is 0. The van der Waals surface area contributed by atoms with Gasteiger partial charge in [0.25, 0.3) is 0 Å². The van der Waals surface area contributed by atoms with Crippen molar-refractivity contribution in [2.24, 2.45) is 0 Å². The molecule has 1 aromatic carbocycles. The Balaban J connectivity index is 2.71. The molecule has 0 saturated heterocycles. The molecule has 0 fully saturated rings. The van der Waals surface area contributed by atoms with Crippen molar-refractivity contribution < 1.29 is 0 Å². The van der Waals surface area contributed by atoms with Crippen LogP contribution in [0.3, 0.4) is 0 Å². The van der Waals surface area contributed by atoms with Gasteiger partial charge in [0.2, 0.25) is 0 Å². The fraction of sp³-hybridized carbons (Fsp3) is 0.182. The highest BCUT2D eigenvalue weighted by atomic mass is 15.2. The van der Waals surface area contributed by atoms with E-state index < -0.39 is 0 Å². The fourth-order valence-corrected chi connectivity index (χ4v) is 2.70. The summed E-state index contributed by atoms with van der Waals surface area (Å²) in [5, 5.41) is 0. The number of anilines is 1. The van der Waals surface area contributed by atoms with Gasteiger partial charge in [-0.15, -0.1) is 0 Å². The van der Waals surface area contributed by atoms with Gasteiger partial charge in [-0.2, -0.15) is 0 Å². The molecule has 0 aromatic heterocycles. The van der Waals surface area contributed by atoms with Crippen molar-refractivity contribution in [3.8, 4) is 0 Å². The third kappa shape index (κ3) is 4.23. The number of hydrogen-bond donors (Lipinski definition) is 0. The van der Waals surface area contributed by atoms with Gasteiger partial charge in [0.05, 0.1) is 0 Å². The van der Waals surface area contributed by atoms with Gasteiger partial charge in [-0.25, -0.2) is 0 Å². The van der Waals surface area contributed by atoms with Crippen LogP contribution < -0.4 is 4.90 Å². The van der Waals surface area contributed by atoms with Crippen molar-refractivity contribution in [3.05, 3.63) is 102 Å². The maximum Gasteiger partial charge on any atom is 0.0490 e. The first-order chi connectivity index (χ1) is 11.3. The summed E-state index contributed by atoms with van der Waals surface area (Å²) in [4.78, 5) is 2.29. The van der Waals surface area contributed by atoms with Crippen LogP contribution in [0.2, 0.25) is 0 Å². The molecular formula is C22H25N. The number of hydrogen-bond acceptors (Lipinski definition) is 1. The SMILES string of the molecule is C=C/C1=C(\C=C/C)C\C=C/C=C\C(=C\CC)N1c1ccccc1. The van der Waals surface area contributed by atoms with Crippen LogP contribution >= 0.6 is 0 Å². The molecule has 118 valence electrons. The van der Waals surface area contributed by atoms with Crippen LogP contribution in [-0.4, -0.2) is 0 Å². The standard InChI is InChI=1S/C22H25N/c1-4-13-19-15-9-7-10-16-20(14-5-2)23(22(19)6-3)21-17-11-8-12-18-21/h4,6-14,16-18H,3,5,15H2,1-2H3/b9-7-,13-4-,16-10-,20-14-,22-19-. The van der Waals surface area contributed by atoms with Gasteiger partial charge in [0, 0.05) is 17.1 Å². The zero-order valence-electron chi connectivity index (χ0n) is 14.1. The highest BCUT2D eigenvalue weighted by Crippen LogP contribution is 2.30. The molecule has 2 rings (SSSR count). The number of nitrogens with zero attached hydrogens (tertiary/aromatic N) is 1. The van der Waals surface area contributed by atoms with Crippen molar-refractivity contribution >= 4 is 5.69 Å². The summed E-state index contributed by atoms with van der Waals surface area (Å²) >= 11 is 0. The summed E-state index contributed by atoms with van der Waals surface area (Å²) in [6.07, 6.45) is 18.9. The Kier molecular flexibility index (Phi) is 6.43. The largest absolute Gasteiger partial charge is 0.311 e. The minimum absolute atomic E-state index is 0.888. The second-order valence-corrected chi connectivity index (χ2v) is 5.31. The molecule has 1 nitrogen and oxygen atoms in total. The van der Waals surface area contributed by atoms with Crippen molar-refractivity contribution in [3.63, 3.8) is 0 Å².